The fraction of sp³-hybridized carbons (Fsp3) is 0.381. The number of nitrogens with one attached hydrogen (secondary N) is 2. The summed E-state index contributed by atoms with van der Waals surface area (Å²) in [6.45, 7) is 3.26. The van der Waals surface area contributed by atoms with Gasteiger partial charge in [-0.2, -0.15) is 0 Å². The van der Waals surface area contributed by atoms with E-state index in [1.807, 2.05) is 19.2 Å². The lowest BCUT2D eigenvalue weighted by Gasteiger charge is -2.20. The van der Waals surface area contributed by atoms with Gasteiger partial charge < -0.3 is 5.32 Å². The van der Waals surface area contributed by atoms with Crippen molar-refractivity contribution in [2.75, 3.05) is 11.6 Å². The molecule has 2 N–H and O–H groups in total. The van der Waals surface area contributed by atoms with E-state index >= 15 is 0 Å². The predicted octanol–water partition coefficient (Wildman–Crippen LogP) is 4.29. The number of fused-ring (bicyclic) bond motifs is 1. The van der Waals surface area contributed by atoms with Gasteiger partial charge in [-0.3, -0.25) is 4.79 Å². The molecule has 7 heteroatoms. The molecule has 1 aliphatic carbocycles. The Morgan fingerprint density at radius 2 is 1.79 bits per heavy atom. The second-order valence-corrected chi connectivity index (χ2v) is 9.68. The summed E-state index contributed by atoms with van der Waals surface area (Å²) in [7, 11) is -3.72. The maximum absolute atomic E-state index is 12.9. The Morgan fingerprint density at radius 3 is 2.46 bits per heavy atom. The van der Waals surface area contributed by atoms with Crippen LogP contribution >= 0.6 is 11.8 Å². The zero-order chi connectivity index (χ0) is 20.3. The molecule has 28 heavy (non-hydrogen) atoms. The van der Waals surface area contributed by atoms with Crippen LogP contribution in [-0.2, 0) is 27.7 Å². The molecule has 0 radical (unpaired) electrons. The smallest absolute Gasteiger partial charge is 0.241 e. The molecule has 0 bridgehead atoms. The van der Waals surface area contributed by atoms with Gasteiger partial charge in [-0.25, -0.2) is 13.1 Å². The minimum Gasteiger partial charge on any atom is -0.325 e. The van der Waals surface area contributed by atoms with Crippen molar-refractivity contribution in [1.29, 1.82) is 0 Å². The van der Waals surface area contributed by atoms with Crippen molar-refractivity contribution in [3.8, 4) is 0 Å². The Kier molecular flexibility index (Phi) is 6.47. The van der Waals surface area contributed by atoms with Gasteiger partial charge >= 0.3 is 0 Å². The predicted molar refractivity (Wildman–Crippen MR) is 114 cm³/mol. The van der Waals surface area contributed by atoms with Gasteiger partial charge in [-0.1, -0.05) is 18.2 Å². The third-order valence-corrected chi connectivity index (χ3v) is 7.33. The zero-order valence-electron chi connectivity index (χ0n) is 16.4. The van der Waals surface area contributed by atoms with Crippen molar-refractivity contribution in [2.24, 2.45) is 0 Å². The van der Waals surface area contributed by atoms with Crippen LogP contribution in [0.25, 0.3) is 0 Å². The number of carbonyl (C=O) groups is 1. The highest BCUT2D eigenvalue weighted by molar-refractivity contribution is 7.98. The standard InChI is InChI=1S/C21H26N2O3S2/c1-14(17-9-8-16-6-4-5-7-18(16)12-17)23-28(25,26)19-10-11-21(27-3)20(13-19)22-15(2)24/h8-14,23H,4-7H2,1-3H3,(H,22,24). The van der Waals surface area contributed by atoms with Gasteiger partial charge in [0.2, 0.25) is 15.9 Å². The Bertz CT molecular complexity index is 987. The molecule has 1 aliphatic rings. The number of hydrogen-bond acceptors (Lipinski definition) is 4. The molecule has 0 fully saturated rings. The number of hydrogen-bond donors (Lipinski definition) is 2. The number of rotatable bonds is 6. The van der Waals surface area contributed by atoms with Crippen LogP contribution in [0.5, 0.6) is 0 Å². The van der Waals surface area contributed by atoms with Crippen molar-refractivity contribution in [2.45, 2.75) is 55.4 Å². The summed E-state index contributed by atoms with van der Waals surface area (Å²) in [5.41, 5.74) is 4.17. The first-order chi connectivity index (χ1) is 13.3. The van der Waals surface area contributed by atoms with Gasteiger partial charge in [0.25, 0.3) is 0 Å². The molecule has 0 saturated heterocycles. The maximum Gasteiger partial charge on any atom is 0.241 e. The highest BCUT2D eigenvalue weighted by atomic mass is 32.2. The number of anilines is 1. The van der Waals surface area contributed by atoms with E-state index in [0.29, 0.717) is 5.69 Å². The average molecular weight is 419 g/mol. The largest absolute Gasteiger partial charge is 0.325 e. The summed E-state index contributed by atoms with van der Waals surface area (Å²) in [4.78, 5) is 12.4. The van der Waals surface area contributed by atoms with Crippen molar-refractivity contribution in [1.82, 2.24) is 4.72 Å². The highest BCUT2D eigenvalue weighted by Gasteiger charge is 2.21. The maximum atomic E-state index is 12.9. The molecule has 0 saturated carbocycles. The van der Waals surface area contributed by atoms with Gasteiger partial charge in [-0.05, 0) is 73.8 Å². The second kappa shape index (κ2) is 8.68. The van der Waals surface area contributed by atoms with Crippen molar-refractivity contribution in [3.05, 3.63) is 53.1 Å². The molecule has 1 unspecified atom stereocenters. The Labute approximate surface area is 171 Å². The van der Waals surface area contributed by atoms with Gasteiger partial charge in [0.1, 0.15) is 0 Å². The summed E-state index contributed by atoms with van der Waals surface area (Å²) in [5, 5.41) is 2.70. The zero-order valence-corrected chi connectivity index (χ0v) is 18.0. The van der Waals surface area contributed by atoms with Crippen molar-refractivity contribution < 1.29 is 13.2 Å². The molecule has 150 valence electrons. The van der Waals surface area contributed by atoms with Crippen LogP contribution in [0.2, 0.25) is 0 Å². The molecule has 5 nitrogen and oxygen atoms in total. The molecule has 2 aromatic carbocycles. The van der Waals surface area contributed by atoms with Crippen LogP contribution in [0.4, 0.5) is 5.69 Å². The fourth-order valence-corrected chi connectivity index (χ4v) is 5.32. The van der Waals surface area contributed by atoms with E-state index in [1.54, 1.807) is 12.1 Å². The summed E-state index contributed by atoms with van der Waals surface area (Å²) >= 11 is 1.45. The number of amides is 1. The number of carbonyl (C=O) groups excluding carboxylic acids is 1. The van der Waals surface area contributed by atoms with E-state index in [4.69, 9.17) is 0 Å². The normalized spacial score (nSPS) is 15.0. The first-order valence-corrected chi connectivity index (χ1v) is 12.1. The summed E-state index contributed by atoms with van der Waals surface area (Å²) in [6, 6.07) is 10.7. The summed E-state index contributed by atoms with van der Waals surface area (Å²) in [6.07, 6.45) is 6.44. The SMILES string of the molecule is CSc1ccc(S(=O)(=O)NC(C)c2ccc3c(c2)CCCC3)cc1NC(C)=O. The minimum absolute atomic E-state index is 0.138. The lowest BCUT2D eigenvalue weighted by Crippen LogP contribution is -2.27. The third-order valence-electron chi connectivity index (χ3n) is 5.00. The van der Waals surface area contributed by atoms with Crippen LogP contribution in [0.3, 0.4) is 0 Å². The monoisotopic (exact) mass is 418 g/mol. The van der Waals surface area contributed by atoms with E-state index in [9.17, 15) is 13.2 Å². The van der Waals surface area contributed by atoms with Gasteiger partial charge in [0, 0.05) is 17.9 Å². The number of benzene rings is 2. The summed E-state index contributed by atoms with van der Waals surface area (Å²) in [5.74, 6) is -0.236. The number of sulfonamides is 1. The third kappa shape index (κ3) is 4.77. The molecular formula is C21H26N2O3S2. The molecular weight excluding hydrogens is 392 g/mol. The first-order valence-electron chi connectivity index (χ1n) is 9.40. The first kappa shape index (κ1) is 20.9. The number of aryl methyl sites for hydroxylation is 2. The van der Waals surface area contributed by atoms with Crippen molar-refractivity contribution >= 4 is 33.4 Å². The molecule has 3 rings (SSSR count). The van der Waals surface area contributed by atoms with E-state index in [2.05, 4.69) is 22.2 Å². The molecule has 0 aliphatic heterocycles. The average Bonchev–Trinajstić information content (AvgIpc) is 2.66. The molecule has 0 spiro atoms. The van der Waals surface area contributed by atoms with Crippen LogP contribution in [0.1, 0.15) is 49.4 Å². The van der Waals surface area contributed by atoms with Crippen LogP contribution < -0.4 is 10.0 Å². The Morgan fingerprint density at radius 1 is 1.07 bits per heavy atom. The van der Waals surface area contributed by atoms with E-state index in [0.717, 1.165) is 23.3 Å². The van der Waals surface area contributed by atoms with E-state index in [1.165, 1.54) is 48.7 Å². The Balaban J connectivity index is 1.84. The lowest BCUT2D eigenvalue weighted by atomic mass is 9.89. The van der Waals surface area contributed by atoms with Crippen LogP contribution in [0, 0.1) is 0 Å². The second-order valence-electron chi connectivity index (χ2n) is 7.12. The van der Waals surface area contributed by atoms with Crippen LogP contribution in [0.15, 0.2) is 46.2 Å². The quantitative estimate of drug-likeness (QED) is 0.687. The van der Waals surface area contributed by atoms with Gasteiger partial charge in [-0.15, -0.1) is 11.8 Å². The summed E-state index contributed by atoms with van der Waals surface area (Å²) < 4.78 is 28.6. The van der Waals surface area contributed by atoms with Gasteiger partial charge in [0.05, 0.1) is 10.6 Å². The molecule has 0 aromatic heterocycles. The molecule has 1 atom stereocenters. The lowest BCUT2D eigenvalue weighted by molar-refractivity contribution is -0.114. The highest BCUT2D eigenvalue weighted by Crippen LogP contribution is 2.29. The molecule has 1 amide bonds. The topological polar surface area (TPSA) is 75.3 Å². The molecule has 2 aromatic rings. The molecule has 0 heterocycles. The Hall–Kier alpha value is -1.83. The van der Waals surface area contributed by atoms with Crippen molar-refractivity contribution in [3.63, 3.8) is 0 Å². The minimum atomic E-state index is -3.72. The van der Waals surface area contributed by atoms with E-state index < -0.39 is 10.0 Å². The van der Waals surface area contributed by atoms with Gasteiger partial charge in [0.15, 0.2) is 0 Å². The van der Waals surface area contributed by atoms with Crippen LogP contribution in [-0.4, -0.2) is 20.6 Å². The fourth-order valence-electron chi connectivity index (χ4n) is 3.53. The number of thioether (sulfide) groups is 1. The van der Waals surface area contributed by atoms with E-state index in [-0.39, 0.29) is 16.8 Å².